The summed E-state index contributed by atoms with van der Waals surface area (Å²) in [6.07, 6.45) is 0. The highest BCUT2D eigenvalue weighted by Gasteiger charge is 2.15. The first-order chi connectivity index (χ1) is 13.5. The zero-order valence-corrected chi connectivity index (χ0v) is 17.0. The van der Waals surface area contributed by atoms with Gasteiger partial charge in [0.1, 0.15) is 6.54 Å². The number of amides is 1. The van der Waals surface area contributed by atoms with Gasteiger partial charge in [0.2, 0.25) is 5.91 Å². The number of nitrogens with zero attached hydrogens (tertiary/aromatic N) is 1. The van der Waals surface area contributed by atoms with E-state index >= 15 is 0 Å². The Balaban J connectivity index is 1.73. The van der Waals surface area contributed by atoms with Crippen LogP contribution in [-0.2, 0) is 11.3 Å². The summed E-state index contributed by atoms with van der Waals surface area (Å²) in [5.41, 5.74) is 3.13. The van der Waals surface area contributed by atoms with Crippen molar-refractivity contribution in [3.63, 3.8) is 0 Å². The van der Waals surface area contributed by atoms with Crippen molar-refractivity contribution in [2.45, 2.75) is 40.3 Å². The van der Waals surface area contributed by atoms with Gasteiger partial charge in [0.05, 0.1) is 19.3 Å². The molecule has 0 unspecified atom stereocenters. The summed E-state index contributed by atoms with van der Waals surface area (Å²) in [6.45, 7) is 9.32. The first kappa shape index (κ1) is 19.8. The maximum atomic E-state index is 12.7. The molecule has 0 bridgehead atoms. The van der Waals surface area contributed by atoms with Gasteiger partial charge in [-0.15, -0.1) is 0 Å². The van der Waals surface area contributed by atoms with E-state index in [0.29, 0.717) is 25.5 Å². The Morgan fingerprint density at radius 2 is 1.75 bits per heavy atom. The number of benzene rings is 2. The van der Waals surface area contributed by atoms with Crippen LogP contribution in [0.3, 0.4) is 0 Å². The second-order valence-electron chi connectivity index (χ2n) is 6.79. The molecule has 28 heavy (non-hydrogen) atoms. The molecule has 5 nitrogen and oxygen atoms in total. The van der Waals surface area contributed by atoms with Gasteiger partial charge in [0, 0.05) is 11.2 Å². The van der Waals surface area contributed by atoms with Gasteiger partial charge in [-0.3, -0.25) is 4.79 Å². The number of rotatable bonds is 8. The summed E-state index contributed by atoms with van der Waals surface area (Å²) in [6, 6.07) is 15.9. The molecule has 0 radical (unpaired) electrons. The molecule has 0 saturated carbocycles. The van der Waals surface area contributed by atoms with Crippen molar-refractivity contribution in [1.29, 1.82) is 0 Å². The van der Waals surface area contributed by atoms with E-state index in [4.69, 9.17) is 9.47 Å². The van der Waals surface area contributed by atoms with Gasteiger partial charge in [-0.1, -0.05) is 24.3 Å². The Bertz CT molecular complexity index is 962. The van der Waals surface area contributed by atoms with Crippen LogP contribution in [0.1, 0.15) is 38.1 Å². The van der Waals surface area contributed by atoms with E-state index in [0.717, 1.165) is 27.9 Å². The largest absolute Gasteiger partial charge is 0.490 e. The Morgan fingerprint density at radius 3 is 2.50 bits per heavy atom. The Hall–Kier alpha value is -2.95. The summed E-state index contributed by atoms with van der Waals surface area (Å²) >= 11 is 0. The average Bonchev–Trinajstić information content (AvgIpc) is 2.99. The Labute approximate surface area is 166 Å². The number of hydrogen-bond acceptors (Lipinski definition) is 3. The molecule has 0 fully saturated rings. The van der Waals surface area contributed by atoms with Gasteiger partial charge in [0.15, 0.2) is 11.5 Å². The summed E-state index contributed by atoms with van der Waals surface area (Å²) < 4.78 is 13.3. The molecule has 0 aliphatic carbocycles. The second kappa shape index (κ2) is 8.83. The van der Waals surface area contributed by atoms with Gasteiger partial charge in [-0.05, 0) is 62.9 Å². The molecule has 1 heterocycles. The maximum Gasteiger partial charge on any atom is 0.240 e. The first-order valence-electron chi connectivity index (χ1n) is 9.77. The monoisotopic (exact) mass is 380 g/mol. The number of carbonyl (C=O) groups is 1. The molecule has 5 heteroatoms. The molecule has 148 valence electrons. The molecular weight excluding hydrogens is 352 g/mol. The number of nitrogens with one attached hydrogen (secondary N) is 1. The number of fused-ring (bicyclic) bond motifs is 1. The fourth-order valence-electron chi connectivity index (χ4n) is 3.41. The molecule has 3 rings (SSSR count). The fourth-order valence-corrected chi connectivity index (χ4v) is 3.41. The highest BCUT2D eigenvalue weighted by Crippen LogP contribution is 2.30. The number of carbonyl (C=O) groups excluding carboxylic acids is 1. The number of aromatic nitrogens is 1. The third-order valence-corrected chi connectivity index (χ3v) is 4.76. The van der Waals surface area contributed by atoms with Crippen molar-refractivity contribution < 1.29 is 14.3 Å². The third-order valence-electron chi connectivity index (χ3n) is 4.76. The summed E-state index contributed by atoms with van der Waals surface area (Å²) in [7, 11) is 0. The SMILES string of the molecule is CCOc1ccc([C@@H](C)NC(=O)Cn2c(C)cc3ccccc32)cc1OCC. The number of aryl methyl sites for hydroxylation is 1. The van der Waals surface area contributed by atoms with Crippen LogP contribution in [0.15, 0.2) is 48.5 Å². The van der Waals surface area contributed by atoms with Crippen molar-refractivity contribution in [3.05, 3.63) is 59.8 Å². The quantitative estimate of drug-likeness (QED) is 0.620. The lowest BCUT2D eigenvalue weighted by Gasteiger charge is -2.18. The van der Waals surface area contributed by atoms with Crippen LogP contribution in [0.25, 0.3) is 10.9 Å². The van der Waals surface area contributed by atoms with Crippen LogP contribution < -0.4 is 14.8 Å². The van der Waals surface area contributed by atoms with E-state index in [9.17, 15) is 4.79 Å². The van der Waals surface area contributed by atoms with Crippen LogP contribution in [0.2, 0.25) is 0 Å². The van der Waals surface area contributed by atoms with Crippen LogP contribution >= 0.6 is 0 Å². The van der Waals surface area contributed by atoms with Crippen LogP contribution in [0, 0.1) is 6.92 Å². The summed E-state index contributed by atoms with van der Waals surface area (Å²) in [5.74, 6) is 1.40. The van der Waals surface area contributed by atoms with Crippen LogP contribution in [-0.4, -0.2) is 23.7 Å². The Morgan fingerprint density at radius 1 is 1.04 bits per heavy atom. The number of hydrogen-bond donors (Lipinski definition) is 1. The van der Waals surface area contributed by atoms with E-state index in [2.05, 4.69) is 17.4 Å². The minimum absolute atomic E-state index is 0.0243. The highest BCUT2D eigenvalue weighted by atomic mass is 16.5. The van der Waals surface area contributed by atoms with E-state index in [1.165, 1.54) is 0 Å². The Kier molecular flexibility index (Phi) is 6.24. The fraction of sp³-hybridized carbons (Fsp3) is 0.348. The van der Waals surface area contributed by atoms with Gasteiger partial charge in [-0.2, -0.15) is 0 Å². The van der Waals surface area contributed by atoms with Gasteiger partial charge in [0.25, 0.3) is 0 Å². The number of ether oxygens (including phenoxy) is 2. The van der Waals surface area contributed by atoms with E-state index in [-0.39, 0.29) is 11.9 Å². The summed E-state index contributed by atoms with van der Waals surface area (Å²) in [4.78, 5) is 12.7. The van der Waals surface area contributed by atoms with Crippen molar-refractivity contribution in [2.24, 2.45) is 0 Å². The molecule has 1 atom stereocenters. The number of para-hydroxylation sites is 1. The molecule has 3 aromatic rings. The predicted molar refractivity (Wildman–Crippen MR) is 112 cm³/mol. The molecule has 2 aromatic carbocycles. The molecular formula is C23H28N2O3. The smallest absolute Gasteiger partial charge is 0.240 e. The summed E-state index contributed by atoms with van der Waals surface area (Å²) in [5, 5.41) is 4.24. The maximum absolute atomic E-state index is 12.7. The van der Waals surface area contributed by atoms with Crippen LogP contribution in [0.5, 0.6) is 11.5 Å². The van der Waals surface area contributed by atoms with Crippen molar-refractivity contribution in [3.8, 4) is 11.5 Å². The lowest BCUT2D eigenvalue weighted by Crippen LogP contribution is -2.30. The molecule has 0 aliphatic rings. The molecule has 0 aliphatic heterocycles. The third kappa shape index (κ3) is 4.30. The zero-order valence-electron chi connectivity index (χ0n) is 17.0. The van der Waals surface area contributed by atoms with Gasteiger partial charge < -0.3 is 19.4 Å². The predicted octanol–water partition coefficient (Wildman–Crippen LogP) is 4.62. The van der Waals surface area contributed by atoms with Crippen molar-refractivity contribution >= 4 is 16.8 Å². The van der Waals surface area contributed by atoms with E-state index in [1.54, 1.807) is 0 Å². The minimum atomic E-state index is -0.135. The van der Waals surface area contributed by atoms with Gasteiger partial charge in [-0.25, -0.2) is 0 Å². The van der Waals surface area contributed by atoms with Crippen molar-refractivity contribution in [2.75, 3.05) is 13.2 Å². The topological polar surface area (TPSA) is 52.5 Å². The van der Waals surface area contributed by atoms with E-state index in [1.807, 2.05) is 68.7 Å². The van der Waals surface area contributed by atoms with Crippen LogP contribution in [0.4, 0.5) is 0 Å². The van der Waals surface area contributed by atoms with E-state index < -0.39 is 0 Å². The highest BCUT2D eigenvalue weighted by molar-refractivity contribution is 5.84. The lowest BCUT2D eigenvalue weighted by atomic mass is 10.1. The van der Waals surface area contributed by atoms with Gasteiger partial charge >= 0.3 is 0 Å². The lowest BCUT2D eigenvalue weighted by molar-refractivity contribution is -0.122. The standard InChI is InChI=1S/C23H28N2O3/c1-5-27-21-12-11-18(14-22(21)28-6-2)17(4)24-23(26)15-25-16(3)13-19-9-7-8-10-20(19)25/h7-14,17H,5-6,15H2,1-4H3,(H,24,26)/t17-/m1/s1. The normalized spacial score (nSPS) is 12.0. The van der Waals surface area contributed by atoms with Crippen molar-refractivity contribution in [1.82, 2.24) is 9.88 Å². The molecule has 1 aromatic heterocycles. The first-order valence-corrected chi connectivity index (χ1v) is 9.77. The zero-order chi connectivity index (χ0) is 20.1. The molecule has 0 saturated heterocycles. The molecule has 0 spiro atoms. The average molecular weight is 380 g/mol. The molecule has 1 N–H and O–H groups in total. The molecule has 1 amide bonds. The second-order valence-corrected chi connectivity index (χ2v) is 6.79. The minimum Gasteiger partial charge on any atom is -0.490 e.